The molecule has 0 saturated heterocycles. The monoisotopic (exact) mass is 418 g/mol. The van der Waals surface area contributed by atoms with Gasteiger partial charge in [-0.15, -0.1) is 0 Å². The van der Waals surface area contributed by atoms with Crippen LogP contribution < -0.4 is 9.47 Å². The van der Waals surface area contributed by atoms with Crippen LogP contribution in [0.1, 0.15) is 48.8 Å². The van der Waals surface area contributed by atoms with Crippen LogP contribution in [0.4, 0.5) is 0 Å². The third-order valence-electron chi connectivity index (χ3n) is 6.16. The van der Waals surface area contributed by atoms with Crippen LogP contribution in [0.5, 0.6) is 11.5 Å². The van der Waals surface area contributed by atoms with Gasteiger partial charge in [-0.1, -0.05) is 0 Å². The van der Waals surface area contributed by atoms with Crippen LogP contribution >= 0.6 is 0 Å². The fraction of sp³-hybridized carbons (Fsp3) is 0.375. The van der Waals surface area contributed by atoms with E-state index in [-0.39, 0.29) is 18.1 Å². The average molecular weight is 418 g/mol. The number of fused-ring (bicyclic) bond motifs is 3. The predicted octanol–water partition coefficient (Wildman–Crippen LogP) is 3.52. The molecule has 2 aliphatic rings. The molecule has 2 aromatic heterocycles. The molecule has 1 aromatic carbocycles. The lowest BCUT2D eigenvalue weighted by atomic mass is 9.74. The number of imidazole rings is 1. The van der Waals surface area contributed by atoms with Crippen LogP contribution in [0.15, 0.2) is 54.2 Å². The Kier molecular flexibility index (Phi) is 5.19. The standard InChI is InChI=1S/C24H26N4O3/c1-3-31-22-11-17-18-10-16(29)5-6-20(18)27-24(19(17)12-21(22)30-2)15-4-7-23(26-13-15)28-9-8-25-14-28/h4,7-9,11-14,16,18,20,29H,3,5-6,10H2,1-2H3/t16?,18-,20?/m1/s1. The number of rotatable bonds is 5. The molecule has 0 bridgehead atoms. The van der Waals surface area contributed by atoms with Crippen molar-refractivity contribution in [3.05, 3.63) is 65.9 Å². The first-order chi connectivity index (χ1) is 15.2. The molecule has 0 amide bonds. The van der Waals surface area contributed by atoms with Crippen LogP contribution in [0.25, 0.3) is 5.82 Å². The minimum atomic E-state index is -0.292. The zero-order chi connectivity index (χ0) is 21.4. The van der Waals surface area contributed by atoms with Crippen LogP contribution in [0.2, 0.25) is 0 Å². The molecule has 1 aliphatic heterocycles. The molecule has 3 heterocycles. The Labute approximate surface area is 181 Å². The van der Waals surface area contributed by atoms with E-state index in [4.69, 9.17) is 14.5 Å². The number of methoxy groups -OCH3 is 1. The number of pyridine rings is 1. The van der Waals surface area contributed by atoms with Gasteiger partial charge in [0.05, 0.1) is 31.6 Å². The summed E-state index contributed by atoms with van der Waals surface area (Å²) in [6.07, 6.45) is 9.26. The van der Waals surface area contributed by atoms with Gasteiger partial charge in [-0.2, -0.15) is 0 Å². The molecule has 3 atom stereocenters. The SMILES string of the molecule is CCOc1cc2c(cc1OC)C(c1ccc(-n3ccnc3)nc1)=NC1CCC(O)C[C@H]21. The number of nitrogens with zero attached hydrogens (tertiary/aromatic N) is 4. The lowest BCUT2D eigenvalue weighted by Gasteiger charge is -2.37. The molecule has 0 spiro atoms. The first kappa shape index (κ1) is 19.8. The van der Waals surface area contributed by atoms with E-state index in [9.17, 15) is 5.11 Å². The molecule has 7 heteroatoms. The highest BCUT2D eigenvalue weighted by molar-refractivity contribution is 6.14. The molecule has 0 radical (unpaired) electrons. The van der Waals surface area contributed by atoms with Crippen molar-refractivity contribution < 1.29 is 14.6 Å². The van der Waals surface area contributed by atoms with Gasteiger partial charge in [0.1, 0.15) is 12.1 Å². The molecule has 5 rings (SSSR count). The van der Waals surface area contributed by atoms with Crippen molar-refractivity contribution >= 4 is 5.71 Å². The maximum absolute atomic E-state index is 10.3. The largest absolute Gasteiger partial charge is 0.493 e. The molecule has 1 saturated carbocycles. The first-order valence-electron chi connectivity index (χ1n) is 10.7. The van der Waals surface area contributed by atoms with E-state index in [1.54, 1.807) is 19.6 Å². The molecule has 160 valence electrons. The second-order valence-electron chi connectivity index (χ2n) is 8.02. The maximum Gasteiger partial charge on any atom is 0.161 e. The number of aliphatic imine (C=N–C) groups is 1. The van der Waals surface area contributed by atoms with Crippen molar-refractivity contribution in [2.75, 3.05) is 13.7 Å². The van der Waals surface area contributed by atoms with Crippen LogP contribution in [-0.4, -0.2) is 51.2 Å². The fourth-order valence-corrected chi connectivity index (χ4v) is 4.68. The molecular weight excluding hydrogens is 392 g/mol. The summed E-state index contributed by atoms with van der Waals surface area (Å²) in [4.78, 5) is 13.9. The van der Waals surface area contributed by atoms with Gasteiger partial charge in [0.15, 0.2) is 11.5 Å². The zero-order valence-electron chi connectivity index (χ0n) is 17.7. The number of benzene rings is 1. The fourth-order valence-electron chi connectivity index (χ4n) is 4.68. The van der Waals surface area contributed by atoms with E-state index < -0.39 is 0 Å². The van der Waals surface area contributed by atoms with E-state index in [0.29, 0.717) is 18.8 Å². The first-order valence-corrected chi connectivity index (χ1v) is 10.7. The van der Waals surface area contributed by atoms with E-state index in [1.807, 2.05) is 42.1 Å². The normalized spacial score (nSPS) is 22.3. The van der Waals surface area contributed by atoms with Gasteiger partial charge < -0.3 is 14.6 Å². The summed E-state index contributed by atoms with van der Waals surface area (Å²) in [5.74, 6) is 2.40. The van der Waals surface area contributed by atoms with Crippen molar-refractivity contribution in [1.82, 2.24) is 14.5 Å². The Morgan fingerprint density at radius 1 is 1.19 bits per heavy atom. The van der Waals surface area contributed by atoms with Gasteiger partial charge in [-0.05, 0) is 56.0 Å². The number of aliphatic hydroxyl groups is 1. The summed E-state index contributed by atoms with van der Waals surface area (Å²) in [6, 6.07) is 8.25. The summed E-state index contributed by atoms with van der Waals surface area (Å²) >= 11 is 0. The van der Waals surface area contributed by atoms with Crippen molar-refractivity contribution in [1.29, 1.82) is 0 Å². The highest BCUT2D eigenvalue weighted by atomic mass is 16.5. The quantitative estimate of drug-likeness (QED) is 0.686. The molecule has 3 aromatic rings. The lowest BCUT2D eigenvalue weighted by Crippen LogP contribution is -2.34. The van der Waals surface area contributed by atoms with Crippen LogP contribution in [0, 0.1) is 0 Å². The summed E-state index contributed by atoms with van der Waals surface area (Å²) in [5.41, 5.74) is 4.06. The number of ether oxygens (including phenoxy) is 2. The molecule has 7 nitrogen and oxygen atoms in total. The second-order valence-corrected chi connectivity index (χ2v) is 8.02. The molecule has 1 fully saturated rings. The Hall–Kier alpha value is -3.19. The predicted molar refractivity (Wildman–Crippen MR) is 118 cm³/mol. The van der Waals surface area contributed by atoms with Gasteiger partial charge in [0.25, 0.3) is 0 Å². The summed E-state index contributed by atoms with van der Waals surface area (Å²) in [5, 5.41) is 10.3. The van der Waals surface area contributed by atoms with Crippen molar-refractivity contribution in [2.45, 2.75) is 44.2 Å². The Morgan fingerprint density at radius 3 is 2.81 bits per heavy atom. The average Bonchev–Trinajstić information content (AvgIpc) is 3.34. The number of hydrogen-bond donors (Lipinski definition) is 1. The third-order valence-corrected chi connectivity index (χ3v) is 6.16. The minimum Gasteiger partial charge on any atom is -0.493 e. The van der Waals surface area contributed by atoms with Crippen LogP contribution in [-0.2, 0) is 0 Å². The van der Waals surface area contributed by atoms with Crippen molar-refractivity contribution in [3.8, 4) is 17.3 Å². The Balaban J connectivity index is 1.61. The van der Waals surface area contributed by atoms with Crippen molar-refractivity contribution in [3.63, 3.8) is 0 Å². The Bertz CT molecular complexity index is 1090. The van der Waals surface area contributed by atoms with E-state index in [1.165, 1.54) is 0 Å². The molecular formula is C24H26N4O3. The Morgan fingerprint density at radius 2 is 2.10 bits per heavy atom. The van der Waals surface area contributed by atoms with E-state index >= 15 is 0 Å². The molecule has 2 unspecified atom stereocenters. The molecule has 31 heavy (non-hydrogen) atoms. The van der Waals surface area contributed by atoms with Gasteiger partial charge in [-0.25, -0.2) is 9.97 Å². The lowest BCUT2D eigenvalue weighted by molar-refractivity contribution is 0.111. The number of aromatic nitrogens is 3. The van der Waals surface area contributed by atoms with Gasteiger partial charge in [0.2, 0.25) is 0 Å². The maximum atomic E-state index is 10.3. The van der Waals surface area contributed by atoms with E-state index in [2.05, 4.69) is 16.0 Å². The summed E-state index contributed by atoms with van der Waals surface area (Å²) in [6.45, 7) is 2.53. The highest BCUT2D eigenvalue weighted by Crippen LogP contribution is 2.44. The topological polar surface area (TPSA) is 81.8 Å². The third kappa shape index (κ3) is 3.59. The smallest absolute Gasteiger partial charge is 0.161 e. The number of hydrogen-bond acceptors (Lipinski definition) is 6. The molecule has 1 aliphatic carbocycles. The van der Waals surface area contributed by atoms with Crippen molar-refractivity contribution in [2.24, 2.45) is 4.99 Å². The van der Waals surface area contributed by atoms with Crippen LogP contribution in [0.3, 0.4) is 0 Å². The van der Waals surface area contributed by atoms with Gasteiger partial charge >= 0.3 is 0 Å². The van der Waals surface area contributed by atoms with Gasteiger partial charge in [-0.3, -0.25) is 9.56 Å². The summed E-state index contributed by atoms with van der Waals surface area (Å²) in [7, 11) is 1.65. The minimum absolute atomic E-state index is 0.141. The second kappa shape index (κ2) is 8.15. The zero-order valence-corrected chi connectivity index (χ0v) is 17.7. The van der Waals surface area contributed by atoms with E-state index in [0.717, 1.165) is 46.8 Å². The summed E-state index contributed by atoms with van der Waals surface area (Å²) < 4.78 is 13.3. The van der Waals surface area contributed by atoms with Gasteiger partial charge in [0, 0.05) is 35.6 Å². The molecule has 1 N–H and O–H groups in total. The highest BCUT2D eigenvalue weighted by Gasteiger charge is 2.37. The number of aliphatic hydroxyl groups excluding tert-OH is 1.